The molecular weight excluding hydrogens is 357 g/mol. The van der Waals surface area contributed by atoms with E-state index in [9.17, 15) is 22.8 Å². The maximum Gasteiger partial charge on any atom is 0.406 e. The van der Waals surface area contributed by atoms with Crippen molar-refractivity contribution in [2.24, 2.45) is 0 Å². The van der Waals surface area contributed by atoms with Crippen LogP contribution in [-0.4, -0.2) is 45.7 Å². The Morgan fingerprint density at radius 3 is 2.43 bits per heavy atom. The molecule has 5 nitrogen and oxygen atoms in total. The number of carboxylic acid groups (broad SMARTS) is 1. The predicted molar refractivity (Wildman–Crippen MR) is 72.1 cm³/mol. The van der Waals surface area contributed by atoms with E-state index >= 15 is 0 Å². The van der Waals surface area contributed by atoms with E-state index in [1.807, 2.05) is 0 Å². The van der Waals surface area contributed by atoms with Crippen LogP contribution in [0.2, 0.25) is 0 Å². The molecule has 0 saturated heterocycles. The van der Waals surface area contributed by atoms with Gasteiger partial charge in [0.15, 0.2) is 0 Å². The Morgan fingerprint density at radius 2 is 2.00 bits per heavy atom. The van der Waals surface area contributed by atoms with Gasteiger partial charge in [0, 0.05) is 16.7 Å². The summed E-state index contributed by atoms with van der Waals surface area (Å²) in [5, 5.41) is 8.68. The van der Waals surface area contributed by atoms with Crippen LogP contribution >= 0.6 is 15.9 Å². The van der Waals surface area contributed by atoms with Crippen LogP contribution in [0.5, 0.6) is 0 Å². The molecule has 0 saturated carbocycles. The molecule has 9 heteroatoms. The van der Waals surface area contributed by atoms with Crippen LogP contribution in [0.4, 0.5) is 13.2 Å². The van der Waals surface area contributed by atoms with E-state index in [4.69, 9.17) is 5.11 Å². The normalized spacial score (nSPS) is 11.8. The van der Waals surface area contributed by atoms with Crippen molar-refractivity contribution in [1.82, 2.24) is 9.47 Å². The Bertz CT molecular complexity index is 540. The number of carbonyl (C=O) groups is 2. The Hall–Kier alpha value is -1.51. The van der Waals surface area contributed by atoms with E-state index in [0.29, 0.717) is 4.47 Å². The monoisotopic (exact) mass is 370 g/mol. The van der Waals surface area contributed by atoms with Crippen molar-refractivity contribution in [3.05, 3.63) is 22.4 Å². The van der Waals surface area contributed by atoms with Gasteiger partial charge in [0.1, 0.15) is 18.8 Å². The van der Waals surface area contributed by atoms with Crippen molar-refractivity contribution in [3.63, 3.8) is 0 Å². The second kappa shape index (κ2) is 6.50. The summed E-state index contributed by atoms with van der Waals surface area (Å²) in [7, 11) is 0. The summed E-state index contributed by atoms with van der Waals surface area (Å²) in [6.07, 6.45) is -3.11. The molecule has 1 amide bonds. The molecular formula is C12H14BrF3N2O3. The molecule has 0 spiro atoms. The molecule has 1 aromatic rings. The smallest absolute Gasteiger partial charge is 0.406 e. The van der Waals surface area contributed by atoms with Gasteiger partial charge in [-0.05, 0) is 35.8 Å². The zero-order chi connectivity index (χ0) is 16.4. The second-order valence-electron chi connectivity index (χ2n) is 4.71. The Kier molecular flexibility index (Phi) is 5.43. The van der Waals surface area contributed by atoms with Crippen molar-refractivity contribution < 1.29 is 27.9 Å². The summed E-state index contributed by atoms with van der Waals surface area (Å²) in [6.45, 7) is 0.890. The standard InChI is InChI=1S/C12H14BrF3N2O3/c1-7(2)18-4-8(13)3-9(18)11(21)17(5-10(19)20)6-12(14,15)16/h3-4,7H,5-6H2,1-2H3,(H,19,20). The minimum absolute atomic E-state index is 0.00220. The lowest BCUT2D eigenvalue weighted by atomic mass is 10.3. The molecule has 1 heterocycles. The van der Waals surface area contributed by atoms with Crippen LogP contribution in [0.15, 0.2) is 16.7 Å². The maximum absolute atomic E-state index is 12.5. The number of nitrogens with zero attached hydrogens (tertiary/aromatic N) is 2. The van der Waals surface area contributed by atoms with Gasteiger partial charge in [-0.2, -0.15) is 13.2 Å². The first kappa shape index (κ1) is 17.5. The van der Waals surface area contributed by atoms with Gasteiger partial charge >= 0.3 is 12.1 Å². The summed E-state index contributed by atoms with van der Waals surface area (Å²) in [5.41, 5.74) is 0.00220. The fourth-order valence-electron chi connectivity index (χ4n) is 1.79. The average Bonchev–Trinajstić information content (AvgIpc) is 2.67. The Morgan fingerprint density at radius 1 is 1.43 bits per heavy atom. The molecule has 0 fully saturated rings. The zero-order valence-corrected chi connectivity index (χ0v) is 12.9. The highest BCUT2D eigenvalue weighted by molar-refractivity contribution is 9.10. The first-order valence-electron chi connectivity index (χ1n) is 5.96. The molecule has 21 heavy (non-hydrogen) atoms. The van der Waals surface area contributed by atoms with Crippen LogP contribution in [0, 0.1) is 0 Å². The lowest BCUT2D eigenvalue weighted by Crippen LogP contribution is -2.42. The van der Waals surface area contributed by atoms with E-state index in [-0.39, 0.29) is 16.6 Å². The number of carboxylic acids is 1. The molecule has 1 rings (SSSR count). The van der Waals surface area contributed by atoms with Crippen LogP contribution < -0.4 is 0 Å². The summed E-state index contributed by atoms with van der Waals surface area (Å²) in [4.78, 5) is 23.2. The molecule has 118 valence electrons. The minimum Gasteiger partial charge on any atom is -0.480 e. The number of alkyl halides is 3. The van der Waals surface area contributed by atoms with Crippen LogP contribution in [0.1, 0.15) is 30.4 Å². The van der Waals surface area contributed by atoms with Crippen LogP contribution in [0.25, 0.3) is 0 Å². The number of aliphatic carboxylic acids is 1. The highest BCUT2D eigenvalue weighted by Crippen LogP contribution is 2.23. The maximum atomic E-state index is 12.5. The van der Waals surface area contributed by atoms with Crippen LogP contribution in [0.3, 0.4) is 0 Å². The number of halogens is 4. The van der Waals surface area contributed by atoms with E-state index in [2.05, 4.69) is 15.9 Å². The molecule has 0 aromatic carbocycles. The zero-order valence-electron chi connectivity index (χ0n) is 11.3. The lowest BCUT2D eigenvalue weighted by molar-refractivity contribution is -0.149. The fourth-order valence-corrected chi connectivity index (χ4v) is 2.22. The third-order valence-electron chi connectivity index (χ3n) is 2.57. The van der Waals surface area contributed by atoms with E-state index in [1.165, 1.54) is 10.6 Å². The van der Waals surface area contributed by atoms with Crippen molar-refractivity contribution in [2.45, 2.75) is 26.1 Å². The Labute approximate surface area is 127 Å². The molecule has 0 atom stereocenters. The van der Waals surface area contributed by atoms with E-state index < -0.39 is 31.1 Å². The molecule has 1 aromatic heterocycles. The SMILES string of the molecule is CC(C)n1cc(Br)cc1C(=O)N(CC(=O)O)CC(F)(F)F. The van der Waals surface area contributed by atoms with Gasteiger partial charge in [0.2, 0.25) is 0 Å². The van der Waals surface area contributed by atoms with Gasteiger partial charge < -0.3 is 14.6 Å². The van der Waals surface area contributed by atoms with Crippen molar-refractivity contribution in [3.8, 4) is 0 Å². The molecule has 0 aliphatic rings. The third kappa shape index (κ3) is 5.07. The highest BCUT2D eigenvalue weighted by atomic mass is 79.9. The number of carbonyl (C=O) groups excluding carboxylic acids is 1. The first-order chi connectivity index (χ1) is 9.51. The molecule has 0 aliphatic heterocycles. The fraction of sp³-hybridized carbons (Fsp3) is 0.500. The molecule has 0 aliphatic carbocycles. The quantitative estimate of drug-likeness (QED) is 0.866. The Balaban J connectivity index is 3.13. The van der Waals surface area contributed by atoms with Gasteiger partial charge in [-0.3, -0.25) is 9.59 Å². The molecule has 1 N–H and O–H groups in total. The lowest BCUT2D eigenvalue weighted by Gasteiger charge is -2.23. The third-order valence-corrected chi connectivity index (χ3v) is 3.01. The molecule has 0 bridgehead atoms. The van der Waals surface area contributed by atoms with Gasteiger partial charge in [-0.1, -0.05) is 0 Å². The highest BCUT2D eigenvalue weighted by Gasteiger charge is 2.35. The predicted octanol–water partition coefficient (Wildman–Crippen LogP) is 2.92. The van der Waals surface area contributed by atoms with Gasteiger partial charge in [-0.25, -0.2) is 0 Å². The summed E-state index contributed by atoms with van der Waals surface area (Å²) in [5.74, 6) is -2.48. The number of amides is 1. The number of hydrogen-bond acceptors (Lipinski definition) is 2. The molecule has 0 unspecified atom stereocenters. The van der Waals surface area contributed by atoms with Crippen molar-refractivity contribution in [1.29, 1.82) is 0 Å². The van der Waals surface area contributed by atoms with E-state index in [0.717, 1.165) is 0 Å². The second-order valence-corrected chi connectivity index (χ2v) is 5.63. The summed E-state index contributed by atoms with van der Waals surface area (Å²) < 4.78 is 39.5. The van der Waals surface area contributed by atoms with Gasteiger partial charge in [0.25, 0.3) is 5.91 Å². The number of hydrogen-bond donors (Lipinski definition) is 1. The van der Waals surface area contributed by atoms with Crippen LogP contribution in [-0.2, 0) is 4.79 Å². The van der Waals surface area contributed by atoms with E-state index in [1.54, 1.807) is 20.0 Å². The number of aromatic nitrogens is 1. The number of rotatable bonds is 5. The minimum atomic E-state index is -4.67. The first-order valence-corrected chi connectivity index (χ1v) is 6.75. The summed E-state index contributed by atoms with van der Waals surface area (Å²) in [6, 6.07) is 1.21. The van der Waals surface area contributed by atoms with Gasteiger partial charge in [-0.15, -0.1) is 0 Å². The summed E-state index contributed by atoms with van der Waals surface area (Å²) >= 11 is 3.15. The average molecular weight is 371 g/mol. The van der Waals surface area contributed by atoms with Gasteiger partial charge in [0.05, 0.1) is 0 Å². The van der Waals surface area contributed by atoms with Crippen molar-refractivity contribution in [2.75, 3.05) is 13.1 Å². The topological polar surface area (TPSA) is 62.5 Å². The molecule has 0 radical (unpaired) electrons. The largest absolute Gasteiger partial charge is 0.480 e. The van der Waals surface area contributed by atoms with Crippen molar-refractivity contribution >= 4 is 27.8 Å².